The summed E-state index contributed by atoms with van der Waals surface area (Å²) in [5, 5.41) is 7.44. The lowest BCUT2D eigenvalue weighted by Crippen LogP contribution is -2.45. The van der Waals surface area contributed by atoms with Crippen LogP contribution in [0.3, 0.4) is 0 Å². The monoisotopic (exact) mass is 181 g/mol. The van der Waals surface area contributed by atoms with Crippen molar-refractivity contribution in [1.29, 1.82) is 0 Å². The Balaban J connectivity index is 1.89. The van der Waals surface area contributed by atoms with E-state index < -0.39 is 0 Å². The van der Waals surface area contributed by atoms with E-state index in [-0.39, 0.29) is 0 Å². The van der Waals surface area contributed by atoms with E-state index in [4.69, 9.17) is 4.74 Å². The lowest BCUT2D eigenvalue weighted by molar-refractivity contribution is -0.0925. The largest absolute Gasteiger partial charge is 0.380 e. The van der Waals surface area contributed by atoms with Crippen LogP contribution in [-0.2, 0) is 11.8 Å². The fourth-order valence-electron chi connectivity index (χ4n) is 1.40. The zero-order valence-corrected chi connectivity index (χ0v) is 8.08. The molecule has 4 heteroatoms. The number of nitrogens with one attached hydrogen (secondary N) is 1. The van der Waals surface area contributed by atoms with Crippen molar-refractivity contribution in [3.8, 4) is 0 Å². The zero-order valence-electron chi connectivity index (χ0n) is 8.08. The molecular weight excluding hydrogens is 166 g/mol. The van der Waals surface area contributed by atoms with Gasteiger partial charge in [-0.3, -0.25) is 4.68 Å². The number of nitrogens with zero attached hydrogens (tertiary/aromatic N) is 2. The summed E-state index contributed by atoms with van der Waals surface area (Å²) >= 11 is 0. The molecule has 0 amide bonds. The van der Waals surface area contributed by atoms with Gasteiger partial charge in [-0.25, -0.2) is 0 Å². The minimum Gasteiger partial charge on any atom is -0.380 e. The summed E-state index contributed by atoms with van der Waals surface area (Å²) in [5.41, 5.74) is 0.310. The van der Waals surface area contributed by atoms with E-state index in [9.17, 15) is 0 Å². The molecule has 4 nitrogen and oxygen atoms in total. The van der Waals surface area contributed by atoms with Gasteiger partial charge in [-0.2, -0.15) is 5.10 Å². The van der Waals surface area contributed by atoms with Crippen LogP contribution in [0.25, 0.3) is 0 Å². The number of aromatic nitrogens is 2. The second-order valence-corrected chi connectivity index (χ2v) is 4.00. The molecule has 2 rings (SSSR count). The summed E-state index contributed by atoms with van der Waals surface area (Å²) in [4.78, 5) is 0. The van der Waals surface area contributed by atoms with Gasteiger partial charge in [0.2, 0.25) is 0 Å². The standard InChI is InChI=1S/C9H15N3O/c1-9(6-13-7-9)5-10-8-3-4-11-12(8)2/h3-4,10H,5-7H2,1-2H3. The van der Waals surface area contributed by atoms with Gasteiger partial charge in [0.15, 0.2) is 0 Å². The van der Waals surface area contributed by atoms with E-state index in [1.54, 1.807) is 6.20 Å². The first-order chi connectivity index (χ1) is 6.20. The Kier molecular flexibility index (Phi) is 2.00. The third kappa shape index (κ3) is 1.67. The maximum absolute atomic E-state index is 5.18. The minimum atomic E-state index is 0.310. The van der Waals surface area contributed by atoms with E-state index in [2.05, 4.69) is 17.3 Å². The van der Waals surface area contributed by atoms with Crippen molar-refractivity contribution >= 4 is 5.82 Å². The van der Waals surface area contributed by atoms with Crippen molar-refractivity contribution in [3.63, 3.8) is 0 Å². The van der Waals surface area contributed by atoms with Crippen LogP contribution in [-0.4, -0.2) is 29.5 Å². The summed E-state index contributed by atoms with van der Waals surface area (Å²) in [6, 6.07) is 1.98. The zero-order chi connectivity index (χ0) is 9.31. The summed E-state index contributed by atoms with van der Waals surface area (Å²) in [7, 11) is 1.93. The molecule has 1 saturated heterocycles. The molecule has 0 unspecified atom stereocenters. The van der Waals surface area contributed by atoms with Crippen molar-refractivity contribution in [2.24, 2.45) is 12.5 Å². The van der Waals surface area contributed by atoms with Gasteiger partial charge in [-0.15, -0.1) is 0 Å². The van der Waals surface area contributed by atoms with Gasteiger partial charge in [0, 0.05) is 25.1 Å². The van der Waals surface area contributed by atoms with Gasteiger partial charge < -0.3 is 10.1 Å². The normalized spacial score (nSPS) is 19.5. The van der Waals surface area contributed by atoms with Gasteiger partial charge in [0.25, 0.3) is 0 Å². The second kappa shape index (κ2) is 3.03. The lowest BCUT2D eigenvalue weighted by Gasteiger charge is -2.38. The summed E-state index contributed by atoms with van der Waals surface area (Å²) in [6.07, 6.45) is 1.79. The molecule has 1 aliphatic heterocycles. The molecule has 1 fully saturated rings. The van der Waals surface area contributed by atoms with Gasteiger partial charge >= 0.3 is 0 Å². The molecule has 0 aliphatic carbocycles. The van der Waals surface area contributed by atoms with Crippen molar-refractivity contribution in [2.75, 3.05) is 25.1 Å². The number of anilines is 1. The molecule has 0 spiro atoms. The smallest absolute Gasteiger partial charge is 0.123 e. The van der Waals surface area contributed by atoms with Gasteiger partial charge in [-0.05, 0) is 0 Å². The van der Waals surface area contributed by atoms with Crippen LogP contribution in [0, 0.1) is 5.41 Å². The highest BCUT2D eigenvalue weighted by Gasteiger charge is 2.33. The molecule has 72 valence electrons. The van der Waals surface area contributed by atoms with Gasteiger partial charge in [-0.1, -0.05) is 6.92 Å². The number of hydrogen-bond donors (Lipinski definition) is 1. The molecule has 13 heavy (non-hydrogen) atoms. The predicted octanol–water partition coefficient (Wildman–Crippen LogP) is 0.868. The first kappa shape index (κ1) is 8.56. The third-order valence-corrected chi connectivity index (χ3v) is 2.42. The third-order valence-electron chi connectivity index (χ3n) is 2.42. The fraction of sp³-hybridized carbons (Fsp3) is 0.667. The van der Waals surface area contributed by atoms with Crippen molar-refractivity contribution in [1.82, 2.24) is 9.78 Å². The SMILES string of the molecule is Cn1nccc1NCC1(C)COC1. The molecule has 1 aromatic rings. The number of rotatable bonds is 3. The summed E-state index contributed by atoms with van der Waals surface area (Å²) < 4.78 is 7.01. The molecule has 0 saturated carbocycles. The summed E-state index contributed by atoms with van der Waals surface area (Å²) in [5.74, 6) is 1.06. The maximum Gasteiger partial charge on any atom is 0.123 e. The number of aryl methyl sites for hydroxylation is 1. The lowest BCUT2D eigenvalue weighted by atomic mass is 9.89. The maximum atomic E-state index is 5.18. The second-order valence-electron chi connectivity index (χ2n) is 4.00. The predicted molar refractivity (Wildman–Crippen MR) is 50.6 cm³/mol. The Bertz CT molecular complexity index is 291. The van der Waals surface area contributed by atoms with E-state index in [0.29, 0.717) is 5.41 Å². The van der Waals surface area contributed by atoms with Crippen LogP contribution in [0.15, 0.2) is 12.3 Å². The van der Waals surface area contributed by atoms with E-state index in [1.165, 1.54) is 0 Å². The topological polar surface area (TPSA) is 39.1 Å². The van der Waals surface area contributed by atoms with Crippen molar-refractivity contribution in [3.05, 3.63) is 12.3 Å². The summed E-state index contributed by atoms with van der Waals surface area (Å²) in [6.45, 7) is 4.89. The molecule has 0 bridgehead atoms. The highest BCUT2D eigenvalue weighted by Crippen LogP contribution is 2.26. The average molecular weight is 181 g/mol. The van der Waals surface area contributed by atoms with Crippen molar-refractivity contribution < 1.29 is 4.74 Å². The van der Waals surface area contributed by atoms with Gasteiger partial charge in [0.1, 0.15) is 5.82 Å². The minimum absolute atomic E-state index is 0.310. The van der Waals surface area contributed by atoms with Crippen LogP contribution in [0.5, 0.6) is 0 Å². The highest BCUT2D eigenvalue weighted by molar-refractivity contribution is 5.33. The first-order valence-electron chi connectivity index (χ1n) is 4.49. The molecule has 1 aromatic heterocycles. The van der Waals surface area contributed by atoms with Crippen LogP contribution in [0.1, 0.15) is 6.92 Å². The van der Waals surface area contributed by atoms with Crippen LogP contribution < -0.4 is 5.32 Å². The molecular formula is C9H15N3O. The molecule has 1 aliphatic rings. The Hall–Kier alpha value is -1.03. The molecule has 0 aromatic carbocycles. The van der Waals surface area contributed by atoms with E-state index >= 15 is 0 Å². The Morgan fingerprint density at radius 3 is 2.92 bits per heavy atom. The average Bonchev–Trinajstić information content (AvgIpc) is 2.44. The number of hydrogen-bond acceptors (Lipinski definition) is 3. The molecule has 0 atom stereocenters. The fourth-order valence-corrected chi connectivity index (χ4v) is 1.40. The Morgan fingerprint density at radius 1 is 1.69 bits per heavy atom. The Morgan fingerprint density at radius 2 is 2.46 bits per heavy atom. The molecule has 1 N–H and O–H groups in total. The van der Waals surface area contributed by atoms with E-state index in [1.807, 2.05) is 17.8 Å². The van der Waals surface area contributed by atoms with Crippen LogP contribution in [0.4, 0.5) is 5.82 Å². The van der Waals surface area contributed by atoms with Gasteiger partial charge in [0.05, 0.1) is 19.4 Å². The van der Waals surface area contributed by atoms with E-state index in [0.717, 1.165) is 25.6 Å². The molecule has 0 radical (unpaired) electrons. The van der Waals surface area contributed by atoms with Crippen LogP contribution >= 0.6 is 0 Å². The highest BCUT2D eigenvalue weighted by atomic mass is 16.5. The molecule has 2 heterocycles. The Labute approximate surface area is 77.9 Å². The first-order valence-corrected chi connectivity index (χ1v) is 4.49. The number of ether oxygens (including phenoxy) is 1. The van der Waals surface area contributed by atoms with Crippen molar-refractivity contribution in [2.45, 2.75) is 6.92 Å². The quantitative estimate of drug-likeness (QED) is 0.752. The van der Waals surface area contributed by atoms with Crippen LogP contribution in [0.2, 0.25) is 0 Å².